The van der Waals surface area contributed by atoms with Crippen LogP contribution in [0, 0.1) is 11.3 Å². The van der Waals surface area contributed by atoms with Crippen molar-refractivity contribution in [1.29, 1.82) is 5.26 Å². The van der Waals surface area contributed by atoms with Crippen LogP contribution in [0.4, 0.5) is 10.7 Å². The van der Waals surface area contributed by atoms with Gasteiger partial charge in [-0.25, -0.2) is 0 Å². The van der Waals surface area contributed by atoms with Gasteiger partial charge in [0.15, 0.2) is 0 Å². The predicted octanol–water partition coefficient (Wildman–Crippen LogP) is 3.04. The first-order valence-corrected chi connectivity index (χ1v) is 6.70. The second-order valence-electron chi connectivity index (χ2n) is 4.75. The van der Waals surface area contributed by atoms with Gasteiger partial charge in [-0.1, -0.05) is 0 Å². The quantitative estimate of drug-likeness (QED) is 0.843. The van der Waals surface area contributed by atoms with Crippen LogP contribution in [-0.4, -0.2) is 6.04 Å². The van der Waals surface area contributed by atoms with Gasteiger partial charge in [0.05, 0.1) is 10.7 Å². The average molecular weight is 233 g/mol. The van der Waals surface area contributed by atoms with E-state index in [0.717, 1.165) is 5.69 Å². The smallest absolute Gasteiger partial charge is 0.130 e. The number of nitrogen functional groups attached to an aromatic ring is 1. The molecule has 2 aliphatic rings. The van der Waals surface area contributed by atoms with Crippen LogP contribution < -0.4 is 11.1 Å². The zero-order valence-electron chi connectivity index (χ0n) is 9.12. The van der Waals surface area contributed by atoms with Crippen molar-refractivity contribution in [3.05, 3.63) is 10.4 Å². The van der Waals surface area contributed by atoms with E-state index in [-0.39, 0.29) is 0 Å². The fourth-order valence-electron chi connectivity index (χ4n) is 2.16. The van der Waals surface area contributed by atoms with Crippen molar-refractivity contribution in [2.24, 2.45) is 0 Å². The van der Waals surface area contributed by atoms with Gasteiger partial charge in [0, 0.05) is 11.6 Å². The molecule has 84 valence electrons. The van der Waals surface area contributed by atoms with E-state index in [1.165, 1.54) is 54.0 Å². The Balaban J connectivity index is 1.92. The first-order chi connectivity index (χ1) is 7.79. The monoisotopic (exact) mass is 233 g/mol. The molecule has 0 aromatic carbocycles. The topological polar surface area (TPSA) is 61.8 Å². The van der Waals surface area contributed by atoms with Gasteiger partial charge in [-0.15, -0.1) is 11.3 Å². The lowest BCUT2D eigenvalue weighted by Gasteiger charge is -2.27. The number of rotatable bonds is 3. The van der Waals surface area contributed by atoms with E-state index in [4.69, 9.17) is 11.0 Å². The summed E-state index contributed by atoms with van der Waals surface area (Å²) in [5, 5.41) is 13.7. The minimum atomic E-state index is 0.612. The molecule has 3 rings (SSSR count). The summed E-state index contributed by atoms with van der Waals surface area (Å²) in [6.45, 7) is 0. The molecule has 2 fully saturated rings. The lowest BCUT2D eigenvalue weighted by molar-refractivity contribution is 0.446. The molecule has 3 nitrogen and oxygen atoms in total. The minimum Gasteiger partial charge on any atom is -0.397 e. The number of nitrogens with one attached hydrogen (secondary N) is 1. The number of nitrogens with two attached hydrogens (primary N) is 1. The summed E-state index contributed by atoms with van der Waals surface area (Å²) in [7, 11) is 0. The van der Waals surface area contributed by atoms with Gasteiger partial charge in [-0.05, 0) is 38.0 Å². The Morgan fingerprint density at radius 1 is 1.31 bits per heavy atom. The molecule has 2 saturated carbocycles. The summed E-state index contributed by atoms with van der Waals surface area (Å²) in [5.41, 5.74) is 8.00. The number of hydrogen-bond acceptors (Lipinski definition) is 4. The third kappa shape index (κ3) is 1.56. The molecule has 0 amide bonds. The largest absolute Gasteiger partial charge is 0.397 e. The minimum absolute atomic E-state index is 0.612. The Morgan fingerprint density at radius 2 is 2.06 bits per heavy atom. The highest BCUT2D eigenvalue weighted by Crippen LogP contribution is 2.51. The second kappa shape index (κ2) is 3.67. The Labute approximate surface area is 99.3 Å². The molecule has 1 heterocycles. The first kappa shape index (κ1) is 9.98. The molecular weight excluding hydrogens is 218 g/mol. The van der Waals surface area contributed by atoms with E-state index >= 15 is 0 Å². The van der Waals surface area contributed by atoms with E-state index in [2.05, 4.69) is 11.4 Å². The molecule has 1 aromatic heterocycles. The standard InChI is InChI=1S/C12H15N3S/c13-6-9-11(14)10(7-4-5-7)12(16-9)15-8-2-1-3-8/h7-8,15H,1-5,14H2. The molecule has 1 aromatic rings. The highest BCUT2D eigenvalue weighted by Gasteiger charge is 2.32. The molecule has 0 spiro atoms. The lowest BCUT2D eigenvalue weighted by atomic mass is 9.93. The fraction of sp³-hybridized carbons (Fsp3) is 0.583. The Hall–Kier alpha value is -1.21. The van der Waals surface area contributed by atoms with Gasteiger partial charge in [0.1, 0.15) is 10.9 Å². The number of nitriles is 1. The van der Waals surface area contributed by atoms with Crippen LogP contribution in [0.3, 0.4) is 0 Å². The van der Waals surface area contributed by atoms with Crippen molar-refractivity contribution in [2.75, 3.05) is 11.1 Å². The molecule has 0 atom stereocenters. The third-order valence-corrected chi connectivity index (χ3v) is 4.57. The predicted molar refractivity (Wildman–Crippen MR) is 66.7 cm³/mol. The highest BCUT2D eigenvalue weighted by molar-refractivity contribution is 7.17. The normalized spacial score (nSPS) is 20.2. The maximum Gasteiger partial charge on any atom is 0.130 e. The van der Waals surface area contributed by atoms with Crippen molar-refractivity contribution < 1.29 is 0 Å². The zero-order chi connectivity index (χ0) is 11.1. The fourth-order valence-corrected chi connectivity index (χ4v) is 3.24. The summed E-state index contributed by atoms with van der Waals surface area (Å²) >= 11 is 1.53. The maximum atomic E-state index is 9.02. The number of anilines is 2. The highest BCUT2D eigenvalue weighted by atomic mass is 32.1. The molecule has 0 saturated heterocycles. The van der Waals surface area contributed by atoms with E-state index in [9.17, 15) is 0 Å². The number of hydrogen-bond donors (Lipinski definition) is 2. The van der Waals surface area contributed by atoms with Crippen molar-refractivity contribution >= 4 is 22.0 Å². The number of nitrogens with zero attached hydrogens (tertiary/aromatic N) is 1. The third-order valence-electron chi connectivity index (χ3n) is 3.51. The lowest BCUT2D eigenvalue weighted by Crippen LogP contribution is -2.26. The summed E-state index contributed by atoms with van der Waals surface area (Å²) in [6.07, 6.45) is 6.28. The summed E-state index contributed by atoms with van der Waals surface area (Å²) in [5.74, 6) is 0.612. The Bertz CT molecular complexity index is 450. The Kier molecular flexibility index (Phi) is 2.29. The van der Waals surface area contributed by atoms with Crippen molar-refractivity contribution in [1.82, 2.24) is 0 Å². The Morgan fingerprint density at radius 3 is 2.56 bits per heavy atom. The van der Waals surface area contributed by atoms with E-state index in [1.54, 1.807) is 0 Å². The van der Waals surface area contributed by atoms with Crippen molar-refractivity contribution in [3.8, 4) is 6.07 Å². The SMILES string of the molecule is N#Cc1sc(NC2CCC2)c(C2CC2)c1N. The van der Waals surface area contributed by atoms with Crippen LogP contribution in [0.2, 0.25) is 0 Å². The van der Waals surface area contributed by atoms with Crippen LogP contribution in [-0.2, 0) is 0 Å². The van der Waals surface area contributed by atoms with Crippen molar-refractivity contribution in [2.45, 2.75) is 44.1 Å². The van der Waals surface area contributed by atoms with Gasteiger partial charge in [0.25, 0.3) is 0 Å². The van der Waals surface area contributed by atoms with Gasteiger partial charge in [0.2, 0.25) is 0 Å². The molecular formula is C12H15N3S. The molecule has 4 heteroatoms. The summed E-state index contributed by atoms with van der Waals surface area (Å²) in [6, 6.07) is 2.81. The van der Waals surface area contributed by atoms with E-state index < -0.39 is 0 Å². The van der Waals surface area contributed by atoms with Crippen molar-refractivity contribution in [3.63, 3.8) is 0 Å². The molecule has 16 heavy (non-hydrogen) atoms. The number of thiophene rings is 1. The summed E-state index contributed by atoms with van der Waals surface area (Å²) < 4.78 is 0. The van der Waals surface area contributed by atoms with Gasteiger partial charge in [-0.3, -0.25) is 0 Å². The van der Waals surface area contributed by atoms with Gasteiger partial charge < -0.3 is 11.1 Å². The van der Waals surface area contributed by atoms with Crippen LogP contribution in [0.15, 0.2) is 0 Å². The summed E-state index contributed by atoms with van der Waals surface area (Å²) in [4.78, 5) is 0.684. The molecule has 2 aliphatic carbocycles. The maximum absolute atomic E-state index is 9.02. The average Bonchev–Trinajstić information content (AvgIpc) is 2.98. The zero-order valence-corrected chi connectivity index (χ0v) is 9.94. The second-order valence-corrected chi connectivity index (χ2v) is 5.77. The molecule has 3 N–H and O–H groups in total. The van der Waals surface area contributed by atoms with Gasteiger partial charge in [-0.2, -0.15) is 5.26 Å². The molecule has 0 bridgehead atoms. The van der Waals surface area contributed by atoms with E-state index in [1.807, 2.05) is 0 Å². The first-order valence-electron chi connectivity index (χ1n) is 5.88. The van der Waals surface area contributed by atoms with Crippen LogP contribution >= 0.6 is 11.3 Å². The van der Waals surface area contributed by atoms with Crippen LogP contribution in [0.25, 0.3) is 0 Å². The molecule has 0 aliphatic heterocycles. The van der Waals surface area contributed by atoms with Crippen LogP contribution in [0.5, 0.6) is 0 Å². The van der Waals surface area contributed by atoms with Crippen LogP contribution in [0.1, 0.15) is 48.5 Å². The molecule has 0 radical (unpaired) electrons. The van der Waals surface area contributed by atoms with E-state index in [0.29, 0.717) is 16.8 Å². The molecule has 0 unspecified atom stereocenters. The van der Waals surface area contributed by atoms with Gasteiger partial charge >= 0.3 is 0 Å².